The fourth-order valence-corrected chi connectivity index (χ4v) is 1.88. The molecule has 0 spiro atoms. The molecule has 1 aliphatic heterocycles. The van der Waals surface area contributed by atoms with Gasteiger partial charge in [-0.2, -0.15) is 0 Å². The highest BCUT2D eigenvalue weighted by Crippen LogP contribution is 2.21. The van der Waals surface area contributed by atoms with Crippen LogP contribution in [0.1, 0.15) is 12.8 Å². The fourth-order valence-electron chi connectivity index (χ4n) is 1.69. The number of benzene rings is 1. The lowest BCUT2D eigenvalue weighted by atomic mass is 10.2. The first-order valence-electron chi connectivity index (χ1n) is 5.10. The maximum absolute atomic E-state index is 13.3. The molecule has 0 aromatic heterocycles. The Morgan fingerprint density at radius 2 is 2.40 bits per heavy atom. The molecule has 2 nitrogen and oxygen atoms in total. The van der Waals surface area contributed by atoms with Gasteiger partial charge < -0.3 is 10.1 Å². The Hall–Kier alpha value is -0.740. The van der Waals surface area contributed by atoms with Gasteiger partial charge in [-0.1, -0.05) is 0 Å². The summed E-state index contributed by atoms with van der Waals surface area (Å²) in [4.78, 5) is 0.714. The van der Waals surface area contributed by atoms with Crippen molar-refractivity contribution in [2.24, 2.45) is 0 Å². The first-order chi connectivity index (χ1) is 7.25. The van der Waals surface area contributed by atoms with Crippen LogP contribution < -0.4 is 10.1 Å². The molecule has 1 heterocycles. The third-order valence-corrected chi connectivity index (χ3v) is 2.80. The molecule has 1 fully saturated rings. The Kier molecular flexibility index (Phi) is 3.49. The standard InChI is InChI=1S/C11H14FNOS/c12-10-4-3-9(15)6-11(10)14-7-8-2-1-5-13-8/h3-4,6,8,13,15H,1-2,5,7H2/t8-/m0/s1. The minimum absolute atomic E-state index is 0.288. The lowest BCUT2D eigenvalue weighted by Crippen LogP contribution is -2.28. The molecule has 0 radical (unpaired) electrons. The van der Waals surface area contributed by atoms with Gasteiger partial charge in [-0.25, -0.2) is 4.39 Å². The average Bonchev–Trinajstić information content (AvgIpc) is 2.72. The molecule has 0 bridgehead atoms. The summed E-state index contributed by atoms with van der Waals surface area (Å²) in [5.41, 5.74) is 0. The van der Waals surface area contributed by atoms with Crippen molar-refractivity contribution in [1.82, 2.24) is 5.32 Å². The molecule has 0 unspecified atom stereocenters. The van der Waals surface area contributed by atoms with Crippen LogP contribution in [0.3, 0.4) is 0 Å². The van der Waals surface area contributed by atoms with Gasteiger partial charge in [0, 0.05) is 10.9 Å². The van der Waals surface area contributed by atoms with E-state index >= 15 is 0 Å². The smallest absolute Gasteiger partial charge is 0.165 e. The summed E-state index contributed by atoms with van der Waals surface area (Å²) in [6, 6.07) is 4.94. The Labute approximate surface area is 94.2 Å². The number of hydrogen-bond donors (Lipinski definition) is 2. The van der Waals surface area contributed by atoms with Crippen LogP contribution in [0.25, 0.3) is 0 Å². The highest BCUT2D eigenvalue weighted by molar-refractivity contribution is 7.80. The van der Waals surface area contributed by atoms with Gasteiger partial charge in [0.15, 0.2) is 11.6 Å². The van der Waals surface area contributed by atoms with E-state index in [1.165, 1.54) is 12.5 Å². The summed E-state index contributed by atoms with van der Waals surface area (Å²) in [5.74, 6) is -0.0398. The second kappa shape index (κ2) is 4.86. The van der Waals surface area contributed by atoms with Crippen LogP contribution in [0.2, 0.25) is 0 Å². The van der Waals surface area contributed by atoms with E-state index in [-0.39, 0.29) is 11.6 Å². The third-order valence-electron chi connectivity index (χ3n) is 2.52. The van der Waals surface area contributed by atoms with E-state index in [1.807, 2.05) is 0 Å². The Morgan fingerprint density at radius 3 is 3.13 bits per heavy atom. The summed E-state index contributed by atoms with van der Waals surface area (Å²) in [6.45, 7) is 1.55. The predicted molar refractivity (Wildman–Crippen MR) is 60.2 cm³/mol. The summed E-state index contributed by atoms with van der Waals surface area (Å²) in [7, 11) is 0. The molecule has 15 heavy (non-hydrogen) atoms. The number of thiol groups is 1. The predicted octanol–water partition coefficient (Wildman–Crippen LogP) is 2.25. The van der Waals surface area contributed by atoms with Crippen molar-refractivity contribution in [2.45, 2.75) is 23.8 Å². The second-order valence-electron chi connectivity index (χ2n) is 3.72. The van der Waals surface area contributed by atoms with Crippen LogP contribution >= 0.6 is 12.6 Å². The number of ether oxygens (including phenoxy) is 1. The summed E-state index contributed by atoms with van der Waals surface area (Å²) < 4.78 is 18.7. The van der Waals surface area contributed by atoms with E-state index in [1.54, 1.807) is 12.1 Å². The molecule has 0 amide bonds. The molecule has 1 aliphatic rings. The molecule has 1 aromatic carbocycles. The number of hydrogen-bond acceptors (Lipinski definition) is 3. The monoisotopic (exact) mass is 227 g/mol. The van der Waals surface area contributed by atoms with Crippen molar-refractivity contribution >= 4 is 12.6 Å². The number of halogens is 1. The van der Waals surface area contributed by atoms with Crippen LogP contribution in [0.4, 0.5) is 4.39 Å². The lowest BCUT2D eigenvalue weighted by Gasteiger charge is -2.12. The van der Waals surface area contributed by atoms with Crippen LogP contribution in [-0.4, -0.2) is 19.2 Å². The fraction of sp³-hybridized carbons (Fsp3) is 0.455. The van der Waals surface area contributed by atoms with Crippen molar-refractivity contribution in [3.63, 3.8) is 0 Å². The molecular weight excluding hydrogens is 213 g/mol. The zero-order chi connectivity index (χ0) is 10.7. The quantitative estimate of drug-likeness (QED) is 0.773. The number of nitrogens with one attached hydrogen (secondary N) is 1. The van der Waals surface area contributed by atoms with Crippen molar-refractivity contribution in [3.05, 3.63) is 24.0 Å². The van der Waals surface area contributed by atoms with E-state index in [9.17, 15) is 4.39 Å². The van der Waals surface area contributed by atoms with Gasteiger partial charge in [-0.3, -0.25) is 0 Å². The Balaban J connectivity index is 1.94. The summed E-state index contributed by atoms with van der Waals surface area (Å²) >= 11 is 4.14. The van der Waals surface area contributed by atoms with Crippen LogP contribution in [0.15, 0.2) is 23.1 Å². The lowest BCUT2D eigenvalue weighted by molar-refractivity contribution is 0.265. The zero-order valence-electron chi connectivity index (χ0n) is 8.37. The summed E-state index contributed by atoms with van der Waals surface area (Å²) in [5, 5.41) is 3.29. The van der Waals surface area contributed by atoms with E-state index in [0.717, 1.165) is 13.0 Å². The van der Waals surface area contributed by atoms with E-state index < -0.39 is 0 Å². The molecular formula is C11H14FNOS. The molecule has 82 valence electrons. The van der Waals surface area contributed by atoms with E-state index in [0.29, 0.717) is 17.5 Å². The molecule has 1 atom stereocenters. The molecule has 0 aliphatic carbocycles. The SMILES string of the molecule is Fc1ccc(S)cc1OC[C@@H]1CCCN1. The first kappa shape index (κ1) is 10.8. The first-order valence-corrected chi connectivity index (χ1v) is 5.55. The minimum atomic E-state index is -0.328. The van der Waals surface area contributed by atoms with Crippen molar-refractivity contribution in [3.8, 4) is 5.75 Å². The zero-order valence-corrected chi connectivity index (χ0v) is 9.27. The normalized spacial score (nSPS) is 20.5. The largest absolute Gasteiger partial charge is 0.489 e. The van der Waals surface area contributed by atoms with Crippen molar-refractivity contribution in [1.29, 1.82) is 0 Å². The van der Waals surface area contributed by atoms with Crippen LogP contribution in [-0.2, 0) is 0 Å². The van der Waals surface area contributed by atoms with Gasteiger partial charge in [0.2, 0.25) is 0 Å². The Morgan fingerprint density at radius 1 is 1.53 bits per heavy atom. The molecule has 4 heteroatoms. The van der Waals surface area contributed by atoms with E-state index in [4.69, 9.17) is 4.74 Å². The van der Waals surface area contributed by atoms with Gasteiger partial charge in [0.1, 0.15) is 6.61 Å². The van der Waals surface area contributed by atoms with Gasteiger partial charge in [0.25, 0.3) is 0 Å². The molecule has 1 saturated heterocycles. The average molecular weight is 227 g/mol. The van der Waals surface area contributed by atoms with E-state index in [2.05, 4.69) is 17.9 Å². The van der Waals surface area contributed by atoms with Gasteiger partial charge in [0.05, 0.1) is 0 Å². The van der Waals surface area contributed by atoms with Gasteiger partial charge in [-0.05, 0) is 37.6 Å². The molecule has 0 saturated carbocycles. The number of rotatable bonds is 3. The topological polar surface area (TPSA) is 21.3 Å². The van der Waals surface area contributed by atoms with Crippen molar-refractivity contribution < 1.29 is 9.13 Å². The highest BCUT2D eigenvalue weighted by atomic mass is 32.1. The van der Waals surface area contributed by atoms with Crippen molar-refractivity contribution in [2.75, 3.05) is 13.2 Å². The Bertz CT molecular complexity index is 339. The third kappa shape index (κ3) is 2.86. The minimum Gasteiger partial charge on any atom is -0.489 e. The maximum Gasteiger partial charge on any atom is 0.165 e. The summed E-state index contributed by atoms with van der Waals surface area (Å²) in [6.07, 6.45) is 2.27. The second-order valence-corrected chi connectivity index (χ2v) is 4.24. The van der Waals surface area contributed by atoms with Crippen LogP contribution in [0, 0.1) is 5.82 Å². The highest BCUT2D eigenvalue weighted by Gasteiger charge is 2.15. The van der Waals surface area contributed by atoms with Gasteiger partial charge in [-0.15, -0.1) is 12.6 Å². The molecule has 2 rings (SSSR count). The van der Waals surface area contributed by atoms with Crippen LogP contribution in [0.5, 0.6) is 5.75 Å². The van der Waals surface area contributed by atoms with Gasteiger partial charge >= 0.3 is 0 Å². The molecule has 1 aromatic rings. The molecule has 1 N–H and O–H groups in total. The maximum atomic E-state index is 13.3.